The number of nitrogens with zero attached hydrogens (tertiary/aromatic N) is 4. The van der Waals surface area contributed by atoms with Crippen LogP contribution < -0.4 is 19.3 Å². The number of pyridine rings is 1. The topological polar surface area (TPSA) is 58.1 Å². The van der Waals surface area contributed by atoms with Gasteiger partial charge in [-0.1, -0.05) is 42.5 Å². The molecule has 0 aliphatic carbocycles. The molecule has 7 nitrogen and oxygen atoms in total. The van der Waals surface area contributed by atoms with E-state index < -0.39 is 0 Å². The Morgan fingerprint density at radius 3 is 2.29 bits per heavy atom. The molecule has 3 aromatic rings. The Morgan fingerprint density at radius 2 is 1.62 bits per heavy atom. The zero-order chi connectivity index (χ0) is 24.1. The summed E-state index contributed by atoms with van der Waals surface area (Å²) < 4.78 is 11.1. The molecule has 1 aromatic heterocycles. The lowest BCUT2D eigenvalue weighted by molar-refractivity contribution is 0.200. The molecular formula is C27H32N4O3. The number of ether oxygens (including phenoxy) is 2. The predicted octanol–water partition coefficient (Wildman–Crippen LogP) is 4.66. The Morgan fingerprint density at radius 1 is 0.941 bits per heavy atom. The lowest BCUT2D eigenvalue weighted by atomic mass is 10.1. The second-order valence-electron chi connectivity index (χ2n) is 8.42. The van der Waals surface area contributed by atoms with Crippen LogP contribution in [-0.4, -0.2) is 56.3 Å². The highest BCUT2D eigenvalue weighted by Gasteiger charge is 2.29. The minimum Gasteiger partial charge on any atom is -0.495 e. The van der Waals surface area contributed by atoms with Crippen LogP contribution in [0.15, 0.2) is 60.7 Å². The maximum Gasteiger partial charge on any atom is 0.325 e. The number of carbonyl (C=O) groups is 1. The molecule has 1 fully saturated rings. The SMILES string of the molecule is COc1ccccc1N1CCN(C(=O)N(Cc2ccccc2)c2cc(C)c(C)nc2OC)CC1. The fraction of sp³-hybridized carbons (Fsp3) is 0.333. The first kappa shape index (κ1) is 23.4. The molecule has 178 valence electrons. The summed E-state index contributed by atoms with van der Waals surface area (Å²) in [6.45, 7) is 7.07. The van der Waals surface area contributed by atoms with Crippen LogP contribution in [0.2, 0.25) is 0 Å². The standard InChI is InChI=1S/C27H32N4O3/c1-20-18-24(26(34-4)28-21(20)2)31(19-22-10-6-5-7-11-22)27(32)30-16-14-29(15-17-30)23-12-8-9-13-25(23)33-3/h5-13,18H,14-17,19H2,1-4H3. The molecule has 2 heterocycles. The number of rotatable bonds is 6. The van der Waals surface area contributed by atoms with Crippen molar-refractivity contribution in [1.82, 2.24) is 9.88 Å². The molecule has 1 saturated heterocycles. The number of urea groups is 1. The van der Waals surface area contributed by atoms with E-state index in [9.17, 15) is 4.79 Å². The monoisotopic (exact) mass is 460 g/mol. The second-order valence-corrected chi connectivity index (χ2v) is 8.42. The van der Waals surface area contributed by atoms with E-state index >= 15 is 0 Å². The molecule has 0 saturated carbocycles. The quantitative estimate of drug-likeness (QED) is 0.535. The molecule has 2 aromatic carbocycles. The summed E-state index contributed by atoms with van der Waals surface area (Å²) in [5, 5.41) is 0. The summed E-state index contributed by atoms with van der Waals surface area (Å²) in [4.78, 5) is 24.4. The Balaban J connectivity index is 1.59. The molecule has 0 spiro atoms. The third kappa shape index (κ3) is 4.93. The predicted molar refractivity (Wildman–Crippen MR) is 135 cm³/mol. The van der Waals surface area contributed by atoms with Gasteiger partial charge >= 0.3 is 6.03 Å². The van der Waals surface area contributed by atoms with Crippen LogP contribution in [0, 0.1) is 13.8 Å². The number of benzene rings is 2. The summed E-state index contributed by atoms with van der Waals surface area (Å²) >= 11 is 0. The van der Waals surface area contributed by atoms with Crippen molar-refractivity contribution in [2.45, 2.75) is 20.4 Å². The van der Waals surface area contributed by atoms with E-state index in [1.54, 1.807) is 19.1 Å². The fourth-order valence-corrected chi connectivity index (χ4v) is 4.23. The first-order valence-electron chi connectivity index (χ1n) is 11.5. The number of anilines is 2. The Hall–Kier alpha value is -3.74. The van der Waals surface area contributed by atoms with Gasteiger partial charge in [0.25, 0.3) is 0 Å². The molecule has 0 N–H and O–H groups in total. The highest BCUT2D eigenvalue weighted by atomic mass is 16.5. The number of carbonyl (C=O) groups excluding carboxylic acids is 1. The number of hydrogen-bond donors (Lipinski definition) is 0. The van der Waals surface area contributed by atoms with Crippen LogP contribution in [0.5, 0.6) is 11.6 Å². The van der Waals surface area contributed by atoms with Crippen molar-refractivity contribution < 1.29 is 14.3 Å². The lowest BCUT2D eigenvalue weighted by Gasteiger charge is -2.39. The number of piperazine rings is 1. The summed E-state index contributed by atoms with van der Waals surface area (Å²) in [5.74, 6) is 1.30. The Labute approximate surface area is 201 Å². The number of hydrogen-bond acceptors (Lipinski definition) is 5. The van der Waals surface area contributed by atoms with Crippen LogP contribution in [0.1, 0.15) is 16.8 Å². The minimum atomic E-state index is -0.0492. The zero-order valence-corrected chi connectivity index (χ0v) is 20.3. The van der Waals surface area contributed by atoms with Crippen LogP contribution in [0.25, 0.3) is 0 Å². The van der Waals surface area contributed by atoms with Crippen molar-refractivity contribution in [2.75, 3.05) is 50.2 Å². The van der Waals surface area contributed by atoms with E-state index in [-0.39, 0.29) is 6.03 Å². The number of aryl methyl sites for hydroxylation is 2. The number of methoxy groups -OCH3 is 2. The Bertz CT molecular complexity index is 1130. The fourth-order valence-electron chi connectivity index (χ4n) is 4.23. The smallest absolute Gasteiger partial charge is 0.325 e. The molecule has 1 aliphatic heterocycles. The van der Waals surface area contributed by atoms with Gasteiger partial charge in [0.1, 0.15) is 11.4 Å². The minimum absolute atomic E-state index is 0.0492. The third-order valence-corrected chi connectivity index (χ3v) is 6.29. The lowest BCUT2D eigenvalue weighted by Crippen LogP contribution is -2.53. The van der Waals surface area contributed by atoms with Gasteiger partial charge in [-0.05, 0) is 43.2 Å². The summed E-state index contributed by atoms with van der Waals surface area (Å²) in [5.41, 5.74) is 4.69. The van der Waals surface area contributed by atoms with Gasteiger partial charge in [-0.3, -0.25) is 4.90 Å². The molecule has 7 heteroatoms. The van der Waals surface area contributed by atoms with Crippen LogP contribution in [0.4, 0.5) is 16.2 Å². The normalized spacial score (nSPS) is 13.5. The van der Waals surface area contributed by atoms with Gasteiger partial charge in [0.2, 0.25) is 5.88 Å². The van der Waals surface area contributed by atoms with Gasteiger partial charge in [0.15, 0.2) is 0 Å². The first-order valence-corrected chi connectivity index (χ1v) is 11.5. The van der Waals surface area contributed by atoms with Crippen LogP contribution in [0.3, 0.4) is 0 Å². The largest absolute Gasteiger partial charge is 0.495 e. The van der Waals surface area contributed by atoms with Gasteiger partial charge in [-0.15, -0.1) is 0 Å². The maximum absolute atomic E-state index is 13.9. The van der Waals surface area contributed by atoms with Crippen molar-refractivity contribution in [3.05, 3.63) is 77.5 Å². The van der Waals surface area contributed by atoms with Gasteiger partial charge in [0, 0.05) is 31.9 Å². The van der Waals surface area contributed by atoms with Gasteiger partial charge in [-0.2, -0.15) is 0 Å². The summed E-state index contributed by atoms with van der Waals surface area (Å²) in [6, 6.07) is 20.0. The molecule has 2 amide bonds. The highest BCUT2D eigenvalue weighted by molar-refractivity contribution is 5.93. The van der Waals surface area contributed by atoms with Crippen LogP contribution in [-0.2, 0) is 6.54 Å². The molecule has 4 rings (SSSR count). The average Bonchev–Trinajstić information content (AvgIpc) is 2.89. The van der Waals surface area contributed by atoms with E-state index in [0.717, 1.165) is 41.3 Å². The Kier molecular flexibility index (Phi) is 7.21. The third-order valence-electron chi connectivity index (χ3n) is 6.29. The van der Waals surface area contributed by atoms with Gasteiger partial charge in [0.05, 0.1) is 26.5 Å². The molecule has 0 unspecified atom stereocenters. The van der Waals surface area contributed by atoms with E-state index in [1.807, 2.05) is 73.3 Å². The molecule has 34 heavy (non-hydrogen) atoms. The number of aromatic nitrogens is 1. The number of para-hydroxylation sites is 2. The zero-order valence-electron chi connectivity index (χ0n) is 20.3. The van der Waals surface area contributed by atoms with E-state index in [0.29, 0.717) is 31.2 Å². The molecule has 0 radical (unpaired) electrons. The van der Waals surface area contributed by atoms with Gasteiger partial charge in [-0.25, -0.2) is 9.78 Å². The average molecular weight is 461 g/mol. The maximum atomic E-state index is 13.9. The van der Waals surface area contributed by atoms with Crippen molar-refractivity contribution in [1.29, 1.82) is 0 Å². The first-order chi connectivity index (χ1) is 16.5. The van der Waals surface area contributed by atoms with Gasteiger partial charge < -0.3 is 19.3 Å². The second kappa shape index (κ2) is 10.5. The van der Waals surface area contributed by atoms with E-state index in [2.05, 4.69) is 16.0 Å². The van der Waals surface area contributed by atoms with Crippen molar-refractivity contribution in [3.8, 4) is 11.6 Å². The van der Waals surface area contributed by atoms with E-state index in [4.69, 9.17) is 9.47 Å². The molecule has 0 atom stereocenters. The van der Waals surface area contributed by atoms with Crippen molar-refractivity contribution >= 4 is 17.4 Å². The van der Waals surface area contributed by atoms with Crippen molar-refractivity contribution in [2.24, 2.45) is 0 Å². The van der Waals surface area contributed by atoms with Crippen molar-refractivity contribution in [3.63, 3.8) is 0 Å². The summed E-state index contributed by atoms with van der Waals surface area (Å²) in [7, 11) is 3.28. The molecule has 1 aliphatic rings. The molecule has 0 bridgehead atoms. The highest BCUT2D eigenvalue weighted by Crippen LogP contribution is 2.32. The number of amides is 2. The van der Waals surface area contributed by atoms with Crippen LogP contribution >= 0.6 is 0 Å². The molecular weight excluding hydrogens is 428 g/mol. The summed E-state index contributed by atoms with van der Waals surface area (Å²) in [6.07, 6.45) is 0. The van der Waals surface area contributed by atoms with E-state index in [1.165, 1.54) is 0 Å².